The average Bonchev–Trinajstić information content (AvgIpc) is 3.20. The van der Waals surface area contributed by atoms with E-state index < -0.39 is 0 Å². The Balaban J connectivity index is 1.24. The molecule has 0 radical (unpaired) electrons. The first-order chi connectivity index (χ1) is 24.7. The van der Waals surface area contributed by atoms with Crippen molar-refractivity contribution in [1.29, 1.82) is 0 Å². The lowest BCUT2D eigenvalue weighted by Crippen LogP contribution is -1.93. The molecule has 7 aromatic carbocycles. The molecule has 1 heteroatoms. The molecule has 0 unspecified atom stereocenters. The SMILES string of the molecule is C=C(/C=C(/c1ccc(-c2ccccc2)cc1)c1cc(-c2ccc(-c3ccncc3)cc2)c2ccccc2c1)c1ccc(-c2ccccc2)cc1. The van der Waals surface area contributed by atoms with Gasteiger partial charge in [0.15, 0.2) is 0 Å². The highest BCUT2D eigenvalue weighted by molar-refractivity contribution is 6.01. The van der Waals surface area contributed by atoms with Gasteiger partial charge in [0.2, 0.25) is 0 Å². The molecule has 8 aromatic rings. The third kappa shape index (κ3) is 6.45. The van der Waals surface area contributed by atoms with Gasteiger partial charge in [-0.05, 0) is 113 Å². The van der Waals surface area contributed by atoms with Crippen LogP contribution in [-0.2, 0) is 0 Å². The van der Waals surface area contributed by atoms with Crippen molar-refractivity contribution >= 4 is 21.9 Å². The smallest absolute Gasteiger partial charge is 0.0273 e. The van der Waals surface area contributed by atoms with Gasteiger partial charge < -0.3 is 0 Å². The number of hydrogen-bond acceptors (Lipinski definition) is 1. The van der Waals surface area contributed by atoms with Crippen molar-refractivity contribution in [3.8, 4) is 44.5 Å². The Morgan fingerprint density at radius 3 is 1.46 bits per heavy atom. The van der Waals surface area contributed by atoms with Gasteiger partial charge in [-0.1, -0.05) is 164 Å². The highest BCUT2D eigenvalue weighted by atomic mass is 14.6. The number of hydrogen-bond donors (Lipinski definition) is 0. The van der Waals surface area contributed by atoms with Crippen LogP contribution >= 0.6 is 0 Å². The zero-order valence-electron chi connectivity index (χ0n) is 27.7. The molecule has 0 atom stereocenters. The van der Waals surface area contributed by atoms with Crippen molar-refractivity contribution in [2.75, 3.05) is 0 Å². The normalized spacial score (nSPS) is 11.4. The largest absolute Gasteiger partial charge is 0.265 e. The van der Waals surface area contributed by atoms with E-state index in [1.54, 1.807) is 0 Å². The van der Waals surface area contributed by atoms with Gasteiger partial charge in [-0.2, -0.15) is 0 Å². The molecular weight excluding hydrogens is 603 g/mol. The van der Waals surface area contributed by atoms with Crippen molar-refractivity contribution in [3.63, 3.8) is 0 Å². The Hall–Kier alpha value is -6.57. The lowest BCUT2D eigenvalue weighted by atomic mass is 9.88. The van der Waals surface area contributed by atoms with Gasteiger partial charge in [0.1, 0.15) is 0 Å². The maximum Gasteiger partial charge on any atom is 0.0273 e. The molecule has 0 aliphatic carbocycles. The minimum absolute atomic E-state index is 0.961. The van der Waals surface area contributed by atoms with E-state index in [0.29, 0.717) is 0 Å². The standard InChI is InChI=1S/C49H35N/c1-35(36-16-18-39(19-17-36)37-10-4-2-5-11-37)32-48(43-24-20-40(21-25-43)38-12-6-3-7-13-38)46-33-45-14-8-9-15-47(45)49(34-46)44-26-22-41(23-27-44)42-28-30-50-31-29-42/h2-34H,1H2/b48-32-. The predicted molar refractivity (Wildman–Crippen MR) is 212 cm³/mol. The number of benzene rings is 7. The molecule has 0 bridgehead atoms. The van der Waals surface area contributed by atoms with Crippen LogP contribution in [0.25, 0.3) is 66.4 Å². The van der Waals surface area contributed by atoms with E-state index in [-0.39, 0.29) is 0 Å². The zero-order chi connectivity index (χ0) is 33.7. The molecular formula is C49H35N. The maximum atomic E-state index is 4.58. The quantitative estimate of drug-likeness (QED) is 0.151. The highest BCUT2D eigenvalue weighted by Gasteiger charge is 2.13. The summed E-state index contributed by atoms with van der Waals surface area (Å²) in [4.78, 5) is 4.19. The predicted octanol–water partition coefficient (Wildman–Crippen LogP) is 13.0. The Bertz CT molecular complexity index is 2420. The van der Waals surface area contributed by atoms with Crippen LogP contribution in [0.1, 0.15) is 16.7 Å². The lowest BCUT2D eigenvalue weighted by Gasteiger charge is -2.16. The Labute approximate surface area is 294 Å². The molecule has 0 spiro atoms. The molecule has 50 heavy (non-hydrogen) atoms. The first kappa shape index (κ1) is 30.7. The molecule has 0 saturated carbocycles. The van der Waals surface area contributed by atoms with Gasteiger partial charge in [0.25, 0.3) is 0 Å². The van der Waals surface area contributed by atoms with E-state index in [9.17, 15) is 0 Å². The van der Waals surface area contributed by atoms with Gasteiger partial charge in [0, 0.05) is 12.4 Å². The number of allylic oxidation sites excluding steroid dienone is 2. The molecule has 0 amide bonds. The average molecular weight is 638 g/mol. The van der Waals surface area contributed by atoms with E-state index in [4.69, 9.17) is 0 Å². The molecule has 0 fully saturated rings. The first-order valence-electron chi connectivity index (χ1n) is 17.0. The fraction of sp³-hybridized carbons (Fsp3) is 0. The number of aromatic nitrogens is 1. The summed E-state index contributed by atoms with van der Waals surface area (Å²) < 4.78 is 0. The number of nitrogens with zero attached hydrogens (tertiary/aromatic N) is 1. The van der Waals surface area contributed by atoms with Gasteiger partial charge in [-0.25, -0.2) is 0 Å². The molecule has 0 saturated heterocycles. The lowest BCUT2D eigenvalue weighted by molar-refractivity contribution is 1.33. The molecule has 0 aliphatic rings. The summed E-state index contributed by atoms with van der Waals surface area (Å²) in [5, 5.41) is 2.42. The van der Waals surface area contributed by atoms with E-state index in [0.717, 1.165) is 33.4 Å². The van der Waals surface area contributed by atoms with Crippen LogP contribution in [-0.4, -0.2) is 4.98 Å². The summed E-state index contributed by atoms with van der Waals surface area (Å²) in [6.07, 6.45) is 5.92. The van der Waals surface area contributed by atoms with Crippen molar-refractivity contribution < 1.29 is 0 Å². The van der Waals surface area contributed by atoms with Crippen LogP contribution in [0.3, 0.4) is 0 Å². The van der Waals surface area contributed by atoms with Gasteiger partial charge in [-0.3, -0.25) is 4.98 Å². The van der Waals surface area contributed by atoms with Crippen LogP contribution in [0.4, 0.5) is 0 Å². The summed E-state index contributed by atoms with van der Waals surface area (Å²) in [5.74, 6) is 0. The summed E-state index contributed by atoms with van der Waals surface area (Å²) >= 11 is 0. The van der Waals surface area contributed by atoms with Crippen molar-refractivity contribution in [2.24, 2.45) is 0 Å². The van der Waals surface area contributed by atoms with E-state index in [1.165, 1.54) is 49.7 Å². The van der Waals surface area contributed by atoms with Crippen molar-refractivity contribution in [2.45, 2.75) is 0 Å². The van der Waals surface area contributed by atoms with Crippen molar-refractivity contribution in [1.82, 2.24) is 4.98 Å². The zero-order valence-corrected chi connectivity index (χ0v) is 27.7. The maximum absolute atomic E-state index is 4.58. The topological polar surface area (TPSA) is 12.9 Å². The third-order valence-electron chi connectivity index (χ3n) is 9.37. The summed E-state index contributed by atoms with van der Waals surface area (Å²) in [6.45, 7) is 4.58. The second-order valence-corrected chi connectivity index (χ2v) is 12.5. The third-order valence-corrected chi connectivity index (χ3v) is 9.37. The summed E-state index contributed by atoms with van der Waals surface area (Å²) in [6, 6.07) is 64.9. The van der Waals surface area contributed by atoms with Crippen LogP contribution in [0, 0.1) is 0 Å². The Morgan fingerprint density at radius 2 is 0.860 bits per heavy atom. The molecule has 1 nitrogen and oxygen atoms in total. The summed E-state index contributed by atoms with van der Waals surface area (Å²) in [5.41, 5.74) is 15.0. The molecule has 236 valence electrons. The van der Waals surface area contributed by atoms with Crippen molar-refractivity contribution in [3.05, 3.63) is 224 Å². The van der Waals surface area contributed by atoms with E-state index in [2.05, 4.69) is 181 Å². The number of pyridine rings is 1. The molecule has 1 aromatic heterocycles. The number of rotatable bonds is 8. The molecule has 0 N–H and O–H groups in total. The van der Waals surface area contributed by atoms with Crippen LogP contribution < -0.4 is 0 Å². The van der Waals surface area contributed by atoms with Gasteiger partial charge in [-0.15, -0.1) is 0 Å². The number of fused-ring (bicyclic) bond motifs is 1. The Kier molecular flexibility index (Phi) is 8.54. The fourth-order valence-electron chi connectivity index (χ4n) is 6.66. The molecule has 8 rings (SSSR count). The second kappa shape index (κ2) is 13.9. The van der Waals surface area contributed by atoms with Crippen LogP contribution in [0.2, 0.25) is 0 Å². The van der Waals surface area contributed by atoms with Crippen LogP contribution in [0.15, 0.2) is 207 Å². The second-order valence-electron chi connectivity index (χ2n) is 12.5. The fourth-order valence-corrected chi connectivity index (χ4v) is 6.66. The molecule has 0 aliphatic heterocycles. The van der Waals surface area contributed by atoms with E-state index >= 15 is 0 Å². The summed E-state index contributed by atoms with van der Waals surface area (Å²) in [7, 11) is 0. The minimum atomic E-state index is 0.961. The highest BCUT2D eigenvalue weighted by Crippen LogP contribution is 2.37. The van der Waals surface area contributed by atoms with E-state index in [1.807, 2.05) is 30.6 Å². The first-order valence-corrected chi connectivity index (χ1v) is 17.0. The van der Waals surface area contributed by atoms with Crippen LogP contribution in [0.5, 0.6) is 0 Å². The molecule has 1 heterocycles. The minimum Gasteiger partial charge on any atom is -0.265 e. The Morgan fingerprint density at radius 1 is 0.400 bits per heavy atom. The monoisotopic (exact) mass is 637 g/mol. The van der Waals surface area contributed by atoms with Gasteiger partial charge in [0.05, 0.1) is 0 Å². The van der Waals surface area contributed by atoms with Gasteiger partial charge >= 0.3 is 0 Å².